The number of hydrogen-bond donors (Lipinski definition) is 1. The summed E-state index contributed by atoms with van der Waals surface area (Å²) in [4.78, 5) is 1.37. The second kappa shape index (κ2) is 7.31. The zero-order valence-corrected chi connectivity index (χ0v) is 13.0. The quantitative estimate of drug-likeness (QED) is 0.844. The molecule has 1 N–H and O–H groups in total. The number of ether oxygens (including phenoxy) is 2. The Balaban J connectivity index is 2.27. The van der Waals surface area contributed by atoms with Gasteiger partial charge in [0.05, 0.1) is 14.2 Å². The van der Waals surface area contributed by atoms with E-state index in [9.17, 15) is 0 Å². The molecule has 0 bridgehead atoms. The van der Waals surface area contributed by atoms with Crippen LogP contribution < -0.4 is 14.8 Å². The highest BCUT2D eigenvalue weighted by molar-refractivity contribution is 7.09. The second-order valence-electron chi connectivity index (χ2n) is 4.54. The van der Waals surface area contributed by atoms with Crippen molar-refractivity contribution in [3.8, 4) is 11.5 Å². The Hall–Kier alpha value is -1.52. The number of benzene rings is 1. The van der Waals surface area contributed by atoms with Gasteiger partial charge in [0.1, 0.15) is 11.5 Å². The van der Waals surface area contributed by atoms with Crippen molar-refractivity contribution in [3.63, 3.8) is 0 Å². The molecule has 0 amide bonds. The fraction of sp³-hybridized carbons (Fsp3) is 0.375. The number of nitrogens with one attached hydrogen (secondary N) is 1. The van der Waals surface area contributed by atoms with Crippen LogP contribution in [0.4, 0.5) is 0 Å². The molecule has 108 valence electrons. The van der Waals surface area contributed by atoms with Crippen LogP contribution in [0, 0.1) is 0 Å². The molecule has 3 nitrogen and oxygen atoms in total. The van der Waals surface area contributed by atoms with Gasteiger partial charge in [0.25, 0.3) is 0 Å². The lowest BCUT2D eigenvalue weighted by Crippen LogP contribution is -2.22. The fourth-order valence-electron chi connectivity index (χ4n) is 2.21. The Bertz CT molecular complexity index is 503. The first-order valence-electron chi connectivity index (χ1n) is 6.75. The molecule has 1 atom stereocenters. The lowest BCUT2D eigenvalue weighted by atomic mass is 10.0. The van der Waals surface area contributed by atoms with Crippen LogP contribution in [-0.2, 0) is 6.42 Å². The number of methoxy groups -OCH3 is 2. The van der Waals surface area contributed by atoms with Crippen molar-refractivity contribution in [3.05, 3.63) is 46.2 Å². The van der Waals surface area contributed by atoms with E-state index in [1.807, 2.05) is 6.07 Å². The van der Waals surface area contributed by atoms with Crippen molar-refractivity contribution in [2.24, 2.45) is 0 Å². The van der Waals surface area contributed by atoms with Gasteiger partial charge in [-0.25, -0.2) is 0 Å². The number of likely N-dealkylation sites (N-methyl/N-ethyl adjacent to an activating group) is 1. The molecule has 1 unspecified atom stereocenters. The smallest absolute Gasteiger partial charge is 0.122 e. The van der Waals surface area contributed by atoms with E-state index in [0.717, 1.165) is 24.5 Å². The van der Waals surface area contributed by atoms with Crippen molar-refractivity contribution in [2.45, 2.75) is 19.4 Å². The summed E-state index contributed by atoms with van der Waals surface area (Å²) in [6.07, 6.45) is 0.974. The van der Waals surface area contributed by atoms with Crippen molar-refractivity contribution >= 4 is 11.3 Å². The average molecular weight is 291 g/mol. The van der Waals surface area contributed by atoms with Gasteiger partial charge < -0.3 is 14.8 Å². The van der Waals surface area contributed by atoms with Gasteiger partial charge in [0.2, 0.25) is 0 Å². The summed E-state index contributed by atoms with van der Waals surface area (Å²) < 4.78 is 10.7. The monoisotopic (exact) mass is 291 g/mol. The third-order valence-corrected chi connectivity index (χ3v) is 4.11. The number of rotatable bonds is 7. The maximum atomic E-state index is 5.36. The maximum Gasteiger partial charge on any atom is 0.122 e. The summed E-state index contributed by atoms with van der Waals surface area (Å²) in [5.41, 5.74) is 1.19. The summed E-state index contributed by atoms with van der Waals surface area (Å²) in [6.45, 7) is 3.05. The van der Waals surface area contributed by atoms with Crippen LogP contribution in [0.25, 0.3) is 0 Å². The van der Waals surface area contributed by atoms with E-state index >= 15 is 0 Å². The van der Waals surface area contributed by atoms with E-state index < -0.39 is 0 Å². The minimum Gasteiger partial charge on any atom is -0.497 e. The van der Waals surface area contributed by atoms with Crippen molar-refractivity contribution in [1.29, 1.82) is 0 Å². The van der Waals surface area contributed by atoms with Gasteiger partial charge in [-0.2, -0.15) is 0 Å². The minimum atomic E-state index is 0.266. The van der Waals surface area contributed by atoms with E-state index in [4.69, 9.17) is 9.47 Å². The van der Waals surface area contributed by atoms with Crippen LogP contribution in [0.3, 0.4) is 0 Å². The molecule has 2 rings (SSSR count). The molecule has 0 fully saturated rings. The third-order valence-electron chi connectivity index (χ3n) is 3.21. The number of thiophene rings is 1. The Labute approximate surface area is 124 Å². The van der Waals surface area contributed by atoms with Crippen LogP contribution in [0.1, 0.15) is 23.4 Å². The van der Waals surface area contributed by atoms with Gasteiger partial charge in [-0.05, 0) is 35.7 Å². The van der Waals surface area contributed by atoms with Crippen molar-refractivity contribution in [1.82, 2.24) is 5.32 Å². The molecule has 4 heteroatoms. The van der Waals surface area contributed by atoms with Gasteiger partial charge in [-0.3, -0.25) is 0 Å². The molecule has 1 heterocycles. The SMILES string of the molecule is CCNC(Cc1cccs1)c1cc(OC)cc(OC)c1. The van der Waals surface area contributed by atoms with E-state index in [1.165, 1.54) is 10.4 Å². The second-order valence-corrected chi connectivity index (χ2v) is 5.57. The average Bonchev–Trinajstić information content (AvgIpc) is 2.99. The first kappa shape index (κ1) is 14.9. The van der Waals surface area contributed by atoms with Gasteiger partial charge in [-0.15, -0.1) is 11.3 Å². The van der Waals surface area contributed by atoms with Crippen LogP contribution >= 0.6 is 11.3 Å². The molecular weight excluding hydrogens is 270 g/mol. The lowest BCUT2D eigenvalue weighted by molar-refractivity contribution is 0.391. The van der Waals surface area contributed by atoms with Crippen LogP contribution in [0.2, 0.25) is 0 Å². The lowest BCUT2D eigenvalue weighted by Gasteiger charge is -2.19. The molecule has 0 aliphatic heterocycles. The predicted molar refractivity (Wildman–Crippen MR) is 84.0 cm³/mol. The summed E-state index contributed by atoms with van der Waals surface area (Å²) in [6, 6.07) is 10.6. The van der Waals surface area contributed by atoms with E-state index in [0.29, 0.717) is 0 Å². The highest BCUT2D eigenvalue weighted by Gasteiger charge is 2.14. The van der Waals surface area contributed by atoms with Gasteiger partial charge in [-0.1, -0.05) is 13.0 Å². The molecule has 2 aromatic rings. The maximum absolute atomic E-state index is 5.36. The third kappa shape index (κ3) is 3.74. The van der Waals surface area contributed by atoms with Gasteiger partial charge in [0, 0.05) is 23.4 Å². The molecule has 20 heavy (non-hydrogen) atoms. The summed E-state index contributed by atoms with van der Waals surface area (Å²) in [5, 5.41) is 5.65. The normalized spacial score (nSPS) is 12.2. The van der Waals surface area contributed by atoms with Gasteiger partial charge >= 0.3 is 0 Å². The Kier molecular flexibility index (Phi) is 5.44. The molecular formula is C16H21NO2S. The summed E-state index contributed by atoms with van der Waals surface area (Å²) in [5.74, 6) is 1.65. The van der Waals surface area contributed by atoms with Crippen LogP contribution in [0.15, 0.2) is 35.7 Å². The molecule has 1 aromatic heterocycles. The van der Waals surface area contributed by atoms with Crippen molar-refractivity contribution in [2.75, 3.05) is 20.8 Å². The zero-order chi connectivity index (χ0) is 14.4. The topological polar surface area (TPSA) is 30.5 Å². The highest BCUT2D eigenvalue weighted by Crippen LogP contribution is 2.29. The molecule has 1 aromatic carbocycles. The largest absolute Gasteiger partial charge is 0.497 e. The predicted octanol–water partition coefficient (Wildman–Crippen LogP) is 3.66. The fourth-order valence-corrected chi connectivity index (χ4v) is 2.97. The minimum absolute atomic E-state index is 0.266. The van der Waals surface area contributed by atoms with Crippen molar-refractivity contribution < 1.29 is 9.47 Å². The molecule has 0 saturated carbocycles. The van der Waals surface area contributed by atoms with Crippen LogP contribution in [-0.4, -0.2) is 20.8 Å². The summed E-state index contributed by atoms with van der Waals surface area (Å²) in [7, 11) is 3.36. The first-order valence-corrected chi connectivity index (χ1v) is 7.63. The van der Waals surface area contributed by atoms with E-state index in [1.54, 1.807) is 25.6 Å². The summed E-state index contributed by atoms with van der Waals surface area (Å²) >= 11 is 1.79. The Morgan fingerprint density at radius 2 is 1.85 bits per heavy atom. The first-order chi connectivity index (χ1) is 9.76. The Morgan fingerprint density at radius 1 is 1.15 bits per heavy atom. The molecule has 0 radical (unpaired) electrons. The van der Waals surface area contributed by atoms with Crippen LogP contribution in [0.5, 0.6) is 11.5 Å². The molecule has 0 aliphatic carbocycles. The highest BCUT2D eigenvalue weighted by atomic mass is 32.1. The van der Waals surface area contributed by atoms with E-state index in [2.05, 4.69) is 41.9 Å². The van der Waals surface area contributed by atoms with Gasteiger partial charge in [0.15, 0.2) is 0 Å². The molecule has 0 saturated heterocycles. The Morgan fingerprint density at radius 3 is 2.35 bits per heavy atom. The molecule has 0 aliphatic rings. The molecule has 0 spiro atoms. The zero-order valence-electron chi connectivity index (χ0n) is 12.2. The number of hydrogen-bond acceptors (Lipinski definition) is 4. The standard InChI is InChI=1S/C16H21NO2S/c1-4-17-16(11-15-6-5-7-20-15)12-8-13(18-2)10-14(9-12)19-3/h5-10,16-17H,4,11H2,1-3H3. The van der Waals surface area contributed by atoms with E-state index in [-0.39, 0.29) is 6.04 Å².